The highest BCUT2D eigenvalue weighted by Gasteiger charge is 2.21. The summed E-state index contributed by atoms with van der Waals surface area (Å²) < 4.78 is 28.7. The zero-order valence-electron chi connectivity index (χ0n) is 11.9. The first-order chi connectivity index (χ1) is 9.49. The van der Waals surface area contributed by atoms with Crippen molar-refractivity contribution in [2.45, 2.75) is 62.8 Å². The molecule has 1 N–H and O–H groups in total. The molecule has 0 heterocycles. The standard InChI is InChI=1S/C15H22BrNO2S/c1-12-11-14(9-10-15(12)16)20(18,19)17-13-7-5-3-2-4-6-8-13/h9-11,13,17H,2-8H2,1H3. The van der Waals surface area contributed by atoms with E-state index in [-0.39, 0.29) is 6.04 Å². The molecule has 3 nitrogen and oxygen atoms in total. The van der Waals surface area contributed by atoms with E-state index in [1.165, 1.54) is 19.3 Å². The first-order valence-corrected chi connectivity index (χ1v) is 9.55. The average molecular weight is 360 g/mol. The number of aryl methyl sites for hydroxylation is 1. The van der Waals surface area contributed by atoms with Crippen LogP contribution in [0.25, 0.3) is 0 Å². The van der Waals surface area contributed by atoms with Gasteiger partial charge in [-0.25, -0.2) is 13.1 Å². The van der Waals surface area contributed by atoms with Gasteiger partial charge in [0.25, 0.3) is 0 Å². The van der Waals surface area contributed by atoms with Crippen LogP contribution in [0.2, 0.25) is 0 Å². The first kappa shape index (κ1) is 16.0. The molecule has 1 fully saturated rings. The molecule has 1 aromatic carbocycles. The molecule has 0 saturated heterocycles. The van der Waals surface area contributed by atoms with Crippen LogP contribution in [0, 0.1) is 6.92 Å². The third-order valence-electron chi connectivity index (χ3n) is 3.87. The van der Waals surface area contributed by atoms with Gasteiger partial charge in [0.2, 0.25) is 10.0 Å². The Hall–Kier alpha value is -0.390. The smallest absolute Gasteiger partial charge is 0.208 e. The highest BCUT2D eigenvalue weighted by Crippen LogP contribution is 2.22. The number of rotatable bonds is 3. The van der Waals surface area contributed by atoms with Crippen molar-refractivity contribution < 1.29 is 8.42 Å². The molecule has 0 spiro atoms. The average Bonchev–Trinajstić information content (AvgIpc) is 2.35. The summed E-state index contributed by atoms with van der Waals surface area (Å²) in [5, 5.41) is 0. The Morgan fingerprint density at radius 3 is 2.30 bits per heavy atom. The number of hydrogen-bond acceptors (Lipinski definition) is 2. The summed E-state index contributed by atoms with van der Waals surface area (Å²) in [6, 6.07) is 5.25. The van der Waals surface area contributed by atoms with Gasteiger partial charge in [-0.15, -0.1) is 0 Å². The maximum absolute atomic E-state index is 12.4. The van der Waals surface area contributed by atoms with E-state index in [9.17, 15) is 8.42 Å². The van der Waals surface area contributed by atoms with E-state index in [1.54, 1.807) is 18.2 Å². The van der Waals surface area contributed by atoms with Crippen molar-refractivity contribution in [3.63, 3.8) is 0 Å². The van der Waals surface area contributed by atoms with Gasteiger partial charge in [-0.1, -0.05) is 48.0 Å². The topological polar surface area (TPSA) is 46.2 Å². The fourth-order valence-electron chi connectivity index (χ4n) is 2.65. The zero-order chi connectivity index (χ0) is 14.6. The van der Waals surface area contributed by atoms with Crippen LogP contribution in [0.5, 0.6) is 0 Å². The van der Waals surface area contributed by atoms with Crippen molar-refractivity contribution >= 4 is 26.0 Å². The molecule has 1 aromatic rings. The molecule has 0 bridgehead atoms. The van der Waals surface area contributed by atoms with Crippen molar-refractivity contribution in [3.05, 3.63) is 28.2 Å². The lowest BCUT2D eigenvalue weighted by molar-refractivity contribution is 0.426. The SMILES string of the molecule is Cc1cc(S(=O)(=O)NC2CCCCCCC2)ccc1Br. The van der Waals surface area contributed by atoms with Crippen LogP contribution >= 0.6 is 15.9 Å². The van der Waals surface area contributed by atoms with Crippen LogP contribution in [0.1, 0.15) is 50.5 Å². The van der Waals surface area contributed by atoms with Crippen molar-refractivity contribution in [2.75, 3.05) is 0 Å². The third kappa shape index (κ3) is 4.30. The Bertz CT molecular complexity index is 549. The lowest BCUT2D eigenvalue weighted by Gasteiger charge is -2.21. The van der Waals surface area contributed by atoms with Crippen LogP contribution < -0.4 is 4.72 Å². The van der Waals surface area contributed by atoms with Crippen LogP contribution in [0.4, 0.5) is 0 Å². The minimum atomic E-state index is -3.40. The lowest BCUT2D eigenvalue weighted by Crippen LogP contribution is -2.35. The predicted octanol–water partition coefficient (Wildman–Crippen LogP) is 4.15. The number of hydrogen-bond donors (Lipinski definition) is 1. The van der Waals surface area contributed by atoms with Crippen LogP contribution in [0.15, 0.2) is 27.6 Å². The highest BCUT2D eigenvalue weighted by atomic mass is 79.9. The van der Waals surface area contributed by atoms with E-state index in [0.29, 0.717) is 4.90 Å². The van der Waals surface area contributed by atoms with Crippen molar-refractivity contribution in [1.82, 2.24) is 4.72 Å². The molecule has 112 valence electrons. The van der Waals surface area contributed by atoms with Crippen LogP contribution in [-0.4, -0.2) is 14.5 Å². The highest BCUT2D eigenvalue weighted by molar-refractivity contribution is 9.10. The lowest BCUT2D eigenvalue weighted by atomic mass is 9.97. The van der Waals surface area contributed by atoms with Gasteiger partial charge in [0.05, 0.1) is 4.90 Å². The maximum Gasteiger partial charge on any atom is 0.240 e. The van der Waals surface area contributed by atoms with Gasteiger partial charge in [0.15, 0.2) is 0 Å². The monoisotopic (exact) mass is 359 g/mol. The predicted molar refractivity (Wildman–Crippen MR) is 85.3 cm³/mol. The summed E-state index contributed by atoms with van der Waals surface area (Å²) in [6.45, 7) is 1.90. The first-order valence-electron chi connectivity index (χ1n) is 7.27. The summed E-state index contributed by atoms with van der Waals surface area (Å²) in [5.74, 6) is 0. The zero-order valence-corrected chi connectivity index (χ0v) is 14.3. The quantitative estimate of drug-likeness (QED) is 0.880. The fraction of sp³-hybridized carbons (Fsp3) is 0.600. The Balaban J connectivity index is 2.10. The largest absolute Gasteiger partial charge is 0.240 e. The Morgan fingerprint density at radius 2 is 1.70 bits per heavy atom. The van der Waals surface area contributed by atoms with E-state index in [0.717, 1.165) is 35.7 Å². The van der Waals surface area contributed by atoms with E-state index in [1.807, 2.05) is 6.92 Å². The Kier molecular flexibility index (Phi) is 5.64. The summed E-state index contributed by atoms with van der Waals surface area (Å²) in [5.41, 5.74) is 0.936. The van der Waals surface area contributed by atoms with Gasteiger partial charge in [-0.3, -0.25) is 0 Å². The molecule has 0 aliphatic heterocycles. The molecule has 0 amide bonds. The van der Waals surface area contributed by atoms with Crippen LogP contribution in [-0.2, 0) is 10.0 Å². The minimum absolute atomic E-state index is 0.0873. The minimum Gasteiger partial charge on any atom is -0.208 e. The molecule has 1 aliphatic carbocycles. The summed E-state index contributed by atoms with van der Waals surface area (Å²) in [6.07, 6.45) is 7.86. The number of halogens is 1. The number of benzene rings is 1. The summed E-state index contributed by atoms with van der Waals surface area (Å²) >= 11 is 3.40. The van der Waals surface area contributed by atoms with Crippen molar-refractivity contribution in [2.24, 2.45) is 0 Å². The molecule has 0 radical (unpaired) electrons. The fourth-order valence-corrected chi connectivity index (χ4v) is 4.28. The van der Waals surface area contributed by atoms with E-state index in [4.69, 9.17) is 0 Å². The van der Waals surface area contributed by atoms with Crippen molar-refractivity contribution in [1.29, 1.82) is 0 Å². The van der Waals surface area contributed by atoms with Gasteiger partial charge in [-0.05, 0) is 43.5 Å². The molecule has 5 heteroatoms. The van der Waals surface area contributed by atoms with E-state index < -0.39 is 10.0 Å². The summed E-state index contributed by atoms with van der Waals surface area (Å²) in [7, 11) is -3.40. The molecule has 0 unspecified atom stereocenters. The molecular formula is C15H22BrNO2S. The second-order valence-corrected chi connectivity index (χ2v) is 8.14. The molecule has 1 saturated carbocycles. The molecule has 0 atom stereocenters. The third-order valence-corrected chi connectivity index (χ3v) is 6.27. The number of nitrogens with one attached hydrogen (secondary N) is 1. The molecule has 20 heavy (non-hydrogen) atoms. The second-order valence-electron chi connectivity index (χ2n) is 5.57. The number of sulfonamides is 1. The van der Waals surface area contributed by atoms with Crippen LogP contribution in [0.3, 0.4) is 0 Å². The molecular weight excluding hydrogens is 338 g/mol. The molecule has 0 aromatic heterocycles. The van der Waals surface area contributed by atoms with Gasteiger partial charge in [0, 0.05) is 10.5 Å². The van der Waals surface area contributed by atoms with Gasteiger partial charge in [-0.2, -0.15) is 0 Å². The second kappa shape index (κ2) is 7.05. The Labute approximate surface area is 130 Å². The van der Waals surface area contributed by atoms with Crippen molar-refractivity contribution in [3.8, 4) is 0 Å². The Morgan fingerprint density at radius 1 is 1.10 bits per heavy atom. The van der Waals surface area contributed by atoms with Gasteiger partial charge in [0.1, 0.15) is 0 Å². The van der Waals surface area contributed by atoms with E-state index in [2.05, 4.69) is 20.7 Å². The molecule has 2 rings (SSSR count). The molecule has 1 aliphatic rings. The summed E-state index contributed by atoms with van der Waals surface area (Å²) in [4.78, 5) is 0.361. The maximum atomic E-state index is 12.4. The van der Waals surface area contributed by atoms with Gasteiger partial charge < -0.3 is 0 Å². The van der Waals surface area contributed by atoms with E-state index >= 15 is 0 Å². The van der Waals surface area contributed by atoms with Gasteiger partial charge >= 0.3 is 0 Å². The normalized spacial score (nSPS) is 18.5.